The Bertz CT molecular complexity index is 425. The number of rotatable bonds is 5. The highest BCUT2D eigenvalue weighted by Crippen LogP contribution is 2.21. The van der Waals surface area contributed by atoms with Crippen LogP contribution in [0.3, 0.4) is 0 Å². The summed E-state index contributed by atoms with van der Waals surface area (Å²) in [5.74, 6) is -1.13. The smallest absolute Gasteiger partial charge is 0.312 e. The van der Waals surface area contributed by atoms with Crippen molar-refractivity contribution in [3.8, 4) is 0 Å². The highest BCUT2D eigenvalue weighted by molar-refractivity contribution is 5.64. The summed E-state index contributed by atoms with van der Waals surface area (Å²) in [6, 6.07) is 0. The summed E-state index contributed by atoms with van der Waals surface area (Å²) in [6.07, 6.45) is 0.271. The van der Waals surface area contributed by atoms with Crippen LogP contribution in [0.25, 0.3) is 0 Å². The van der Waals surface area contributed by atoms with E-state index in [1.807, 2.05) is 0 Å². The third-order valence-electron chi connectivity index (χ3n) is 2.28. The van der Waals surface area contributed by atoms with Gasteiger partial charge in [0, 0.05) is 12.5 Å². The lowest BCUT2D eigenvalue weighted by Gasteiger charge is -2.03. The molecule has 7 nitrogen and oxygen atoms in total. The molecular weight excluding hydrogens is 214 g/mol. The van der Waals surface area contributed by atoms with Gasteiger partial charge in [0.2, 0.25) is 0 Å². The number of aryl methyl sites for hydroxylation is 2. The van der Waals surface area contributed by atoms with Crippen LogP contribution in [0.2, 0.25) is 0 Å². The quantitative estimate of drug-likeness (QED) is 0.517. The predicted octanol–water partition coefficient (Wildman–Crippen LogP) is -0.0618. The first-order valence-electron chi connectivity index (χ1n) is 4.81. The van der Waals surface area contributed by atoms with E-state index >= 15 is 0 Å². The molecular formula is C9H12N3O4-. The lowest BCUT2D eigenvalue weighted by atomic mass is 10.3. The molecule has 0 aliphatic carbocycles. The number of hydrogen-bond acceptors (Lipinski definition) is 5. The minimum absolute atomic E-state index is 0.00606. The molecule has 1 aromatic heterocycles. The topological polar surface area (TPSA) is 101 Å². The Hall–Kier alpha value is -1.92. The molecule has 0 aromatic carbocycles. The summed E-state index contributed by atoms with van der Waals surface area (Å²) < 4.78 is 1.45. The monoisotopic (exact) mass is 226 g/mol. The van der Waals surface area contributed by atoms with Crippen LogP contribution in [0.1, 0.15) is 24.2 Å². The van der Waals surface area contributed by atoms with Crippen LogP contribution in [0.15, 0.2) is 0 Å². The minimum atomic E-state index is -1.13. The zero-order valence-corrected chi connectivity index (χ0v) is 9.10. The van der Waals surface area contributed by atoms with Crippen molar-refractivity contribution < 1.29 is 14.8 Å². The first-order valence-corrected chi connectivity index (χ1v) is 4.81. The molecule has 0 aliphatic heterocycles. The fraction of sp³-hybridized carbons (Fsp3) is 0.556. The van der Waals surface area contributed by atoms with Gasteiger partial charge in [-0.25, -0.2) is 0 Å². The number of nitro groups is 1. The number of carboxylic acid groups (broad SMARTS) is 1. The molecule has 0 bridgehead atoms. The fourth-order valence-corrected chi connectivity index (χ4v) is 1.54. The van der Waals surface area contributed by atoms with Gasteiger partial charge in [-0.3, -0.25) is 14.8 Å². The molecule has 0 saturated heterocycles. The Labute approximate surface area is 91.8 Å². The maximum absolute atomic E-state index is 10.7. The largest absolute Gasteiger partial charge is 0.550 e. The fourth-order valence-electron chi connectivity index (χ4n) is 1.54. The summed E-state index contributed by atoms with van der Waals surface area (Å²) in [6.45, 7) is 3.49. The van der Waals surface area contributed by atoms with Gasteiger partial charge in [0.15, 0.2) is 0 Å². The number of carbonyl (C=O) groups is 1. The van der Waals surface area contributed by atoms with Crippen molar-refractivity contribution in [2.75, 3.05) is 0 Å². The number of hydrogen-bond donors (Lipinski definition) is 0. The number of nitrogens with zero attached hydrogens (tertiary/aromatic N) is 3. The Morgan fingerprint density at radius 1 is 1.50 bits per heavy atom. The molecule has 1 aromatic rings. The summed E-state index contributed by atoms with van der Waals surface area (Å²) in [5, 5.41) is 24.9. The van der Waals surface area contributed by atoms with Crippen LogP contribution in [0, 0.1) is 24.0 Å². The lowest BCUT2D eigenvalue weighted by Crippen LogP contribution is -2.22. The van der Waals surface area contributed by atoms with E-state index in [2.05, 4.69) is 5.10 Å². The highest BCUT2D eigenvalue weighted by atomic mass is 16.6. The first kappa shape index (κ1) is 12.2. The van der Waals surface area contributed by atoms with E-state index in [1.165, 1.54) is 4.68 Å². The first-order chi connectivity index (χ1) is 7.43. The maximum Gasteiger partial charge on any atom is 0.312 e. The van der Waals surface area contributed by atoms with Crippen molar-refractivity contribution in [1.82, 2.24) is 9.78 Å². The van der Waals surface area contributed by atoms with Crippen molar-refractivity contribution in [2.45, 2.75) is 33.2 Å². The van der Waals surface area contributed by atoms with Gasteiger partial charge >= 0.3 is 5.69 Å². The molecule has 0 aliphatic rings. The van der Waals surface area contributed by atoms with E-state index in [1.54, 1.807) is 13.8 Å². The van der Waals surface area contributed by atoms with Crippen LogP contribution in [-0.2, 0) is 11.3 Å². The summed E-state index contributed by atoms with van der Waals surface area (Å²) in [5.41, 5.74) is 0.783. The third kappa shape index (κ3) is 2.56. The van der Waals surface area contributed by atoms with Gasteiger partial charge in [-0.2, -0.15) is 5.10 Å². The number of aliphatic carboxylic acids is 1. The van der Waals surface area contributed by atoms with E-state index in [4.69, 9.17) is 0 Å². The van der Waals surface area contributed by atoms with Crippen LogP contribution in [0.4, 0.5) is 5.69 Å². The van der Waals surface area contributed by atoms with Crippen molar-refractivity contribution in [1.29, 1.82) is 0 Å². The standard InChI is InChI=1S/C9H13N3O4/c1-6-9(12(15)16)7(2)11(10-6)5-3-4-8(13)14/h3-5H2,1-2H3,(H,13,14)/p-1. The van der Waals surface area contributed by atoms with Gasteiger partial charge < -0.3 is 9.90 Å². The second-order valence-corrected chi connectivity index (χ2v) is 3.48. The molecule has 0 radical (unpaired) electrons. The van der Waals surface area contributed by atoms with E-state index < -0.39 is 10.9 Å². The number of carbonyl (C=O) groups excluding carboxylic acids is 1. The molecule has 1 heterocycles. The Balaban J connectivity index is 2.79. The van der Waals surface area contributed by atoms with Crippen molar-refractivity contribution in [2.24, 2.45) is 0 Å². The van der Waals surface area contributed by atoms with Gasteiger partial charge in [-0.05, 0) is 26.7 Å². The SMILES string of the molecule is Cc1nn(CCCC(=O)[O-])c(C)c1[N+](=O)[O-]. The summed E-state index contributed by atoms with van der Waals surface area (Å²) in [7, 11) is 0. The van der Waals surface area contributed by atoms with Gasteiger partial charge in [0.05, 0.1) is 4.92 Å². The van der Waals surface area contributed by atoms with Gasteiger partial charge in [-0.15, -0.1) is 0 Å². The molecule has 1 rings (SSSR count). The number of aromatic nitrogens is 2. The van der Waals surface area contributed by atoms with Gasteiger partial charge in [-0.1, -0.05) is 0 Å². The average Bonchev–Trinajstić information content (AvgIpc) is 2.41. The number of carboxylic acids is 1. The van der Waals surface area contributed by atoms with Gasteiger partial charge in [0.1, 0.15) is 11.4 Å². The van der Waals surface area contributed by atoms with Crippen molar-refractivity contribution in [3.05, 3.63) is 21.5 Å². The van der Waals surface area contributed by atoms with Crippen molar-refractivity contribution >= 4 is 11.7 Å². The maximum atomic E-state index is 10.7. The molecule has 0 fully saturated rings. The predicted molar refractivity (Wildman–Crippen MR) is 52.6 cm³/mol. The van der Waals surface area contributed by atoms with E-state index in [9.17, 15) is 20.0 Å². The van der Waals surface area contributed by atoms with Crippen LogP contribution in [-0.4, -0.2) is 20.7 Å². The minimum Gasteiger partial charge on any atom is -0.550 e. The zero-order valence-electron chi connectivity index (χ0n) is 9.10. The third-order valence-corrected chi connectivity index (χ3v) is 2.28. The van der Waals surface area contributed by atoms with E-state index in [-0.39, 0.29) is 12.1 Å². The van der Waals surface area contributed by atoms with E-state index in [0.29, 0.717) is 24.4 Å². The average molecular weight is 226 g/mol. The van der Waals surface area contributed by atoms with Crippen LogP contribution < -0.4 is 5.11 Å². The normalized spacial score (nSPS) is 10.4. The molecule has 0 amide bonds. The molecule has 0 N–H and O–H groups in total. The highest BCUT2D eigenvalue weighted by Gasteiger charge is 2.21. The molecule has 0 atom stereocenters. The second-order valence-electron chi connectivity index (χ2n) is 3.48. The molecule has 0 spiro atoms. The van der Waals surface area contributed by atoms with Crippen LogP contribution in [0.5, 0.6) is 0 Å². The summed E-state index contributed by atoms with van der Waals surface area (Å²) in [4.78, 5) is 20.4. The molecule has 0 saturated carbocycles. The Morgan fingerprint density at radius 3 is 2.56 bits per heavy atom. The lowest BCUT2D eigenvalue weighted by molar-refractivity contribution is -0.386. The molecule has 88 valence electrons. The summed E-state index contributed by atoms with van der Waals surface area (Å²) >= 11 is 0. The van der Waals surface area contributed by atoms with Gasteiger partial charge in [0.25, 0.3) is 0 Å². The Morgan fingerprint density at radius 2 is 2.12 bits per heavy atom. The molecule has 7 heteroatoms. The molecule has 0 unspecified atom stereocenters. The zero-order chi connectivity index (χ0) is 12.3. The molecule has 16 heavy (non-hydrogen) atoms. The van der Waals surface area contributed by atoms with Crippen molar-refractivity contribution in [3.63, 3.8) is 0 Å². The van der Waals surface area contributed by atoms with E-state index in [0.717, 1.165) is 0 Å². The van der Waals surface area contributed by atoms with Crippen LogP contribution >= 0.6 is 0 Å². The second kappa shape index (κ2) is 4.73. The Kier molecular flexibility index (Phi) is 3.60.